The molecule has 0 bridgehead atoms. The predicted octanol–water partition coefficient (Wildman–Crippen LogP) is 2.02. The Morgan fingerprint density at radius 1 is 1.35 bits per heavy atom. The van der Waals surface area contributed by atoms with Gasteiger partial charge in [-0.2, -0.15) is 0 Å². The molecular weight excluding hydrogens is 254 g/mol. The maximum Gasteiger partial charge on any atom is 0.269 e. The van der Waals surface area contributed by atoms with Crippen molar-refractivity contribution in [2.24, 2.45) is 11.8 Å². The van der Waals surface area contributed by atoms with Gasteiger partial charge in [0.15, 0.2) is 0 Å². The third kappa shape index (κ3) is 2.21. The molecule has 2 saturated heterocycles. The second kappa shape index (κ2) is 4.82. The number of likely N-dealkylation sites (tertiary alicyclic amines) is 1. The number of benzene rings is 1. The molecule has 2 unspecified atom stereocenters. The third-order valence-electron chi connectivity index (χ3n) is 5.04. The molecule has 0 spiro atoms. The van der Waals surface area contributed by atoms with Gasteiger partial charge in [-0.1, -0.05) is 12.1 Å². The molecule has 2 aliphatic rings. The van der Waals surface area contributed by atoms with Crippen molar-refractivity contribution in [3.63, 3.8) is 0 Å². The number of non-ortho nitro benzene ring substituents is 1. The van der Waals surface area contributed by atoms with Gasteiger partial charge in [-0.25, -0.2) is 0 Å². The molecule has 2 aliphatic heterocycles. The highest BCUT2D eigenvalue weighted by atomic mass is 16.6. The number of nitrogens with one attached hydrogen (secondary N) is 1. The molecule has 2 heterocycles. The number of fused-ring (bicyclic) bond motifs is 1. The van der Waals surface area contributed by atoms with Crippen molar-refractivity contribution in [1.29, 1.82) is 0 Å². The van der Waals surface area contributed by atoms with Crippen LogP contribution in [0.5, 0.6) is 0 Å². The SMILES string of the molecule is CC1(C)C2CNCC2CN1Cc1ccc([N+](=O)[O-])cc1. The first-order chi connectivity index (χ1) is 9.48. The Hall–Kier alpha value is -1.46. The highest BCUT2D eigenvalue weighted by Gasteiger charge is 2.49. The lowest BCUT2D eigenvalue weighted by atomic mass is 9.85. The van der Waals surface area contributed by atoms with Gasteiger partial charge in [0.2, 0.25) is 0 Å². The van der Waals surface area contributed by atoms with Gasteiger partial charge in [0.25, 0.3) is 5.69 Å². The summed E-state index contributed by atoms with van der Waals surface area (Å²) in [5, 5.41) is 14.2. The van der Waals surface area contributed by atoms with Crippen molar-refractivity contribution in [3.05, 3.63) is 39.9 Å². The van der Waals surface area contributed by atoms with E-state index in [1.165, 1.54) is 0 Å². The van der Waals surface area contributed by atoms with Crippen molar-refractivity contribution in [1.82, 2.24) is 10.2 Å². The zero-order valence-electron chi connectivity index (χ0n) is 12.0. The van der Waals surface area contributed by atoms with Crippen LogP contribution in [-0.4, -0.2) is 35.0 Å². The smallest absolute Gasteiger partial charge is 0.269 e. The number of rotatable bonds is 3. The molecule has 20 heavy (non-hydrogen) atoms. The quantitative estimate of drug-likeness (QED) is 0.677. The van der Waals surface area contributed by atoms with E-state index < -0.39 is 0 Å². The van der Waals surface area contributed by atoms with Gasteiger partial charge >= 0.3 is 0 Å². The van der Waals surface area contributed by atoms with Crippen LogP contribution in [0.1, 0.15) is 19.4 Å². The number of hydrogen-bond donors (Lipinski definition) is 1. The minimum Gasteiger partial charge on any atom is -0.316 e. The average molecular weight is 275 g/mol. The summed E-state index contributed by atoms with van der Waals surface area (Å²) in [5.74, 6) is 1.45. The molecule has 0 aliphatic carbocycles. The third-order valence-corrected chi connectivity index (χ3v) is 5.04. The first-order valence-electron chi connectivity index (χ1n) is 7.17. The van der Waals surface area contributed by atoms with Gasteiger partial charge in [-0.15, -0.1) is 0 Å². The van der Waals surface area contributed by atoms with E-state index >= 15 is 0 Å². The second-order valence-electron chi connectivity index (χ2n) is 6.48. The van der Waals surface area contributed by atoms with Crippen LogP contribution in [0.15, 0.2) is 24.3 Å². The fourth-order valence-electron chi connectivity index (χ4n) is 3.72. The number of nitro groups is 1. The molecule has 5 nitrogen and oxygen atoms in total. The molecule has 0 amide bonds. The zero-order chi connectivity index (χ0) is 14.3. The van der Waals surface area contributed by atoms with Crippen molar-refractivity contribution < 1.29 is 4.92 Å². The Bertz CT molecular complexity index is 512. The van der Waals surface area contributed by atoms with E-state index in [1.807, 2.05) is 12.1 Å². The molecule has 108 valence electrons. The Kier molecular flexibility index (Phi) is 3.26. The molecule has 0 saturated carbocycles. The highest BCUT2D eigenvalue weighted by Crippen LogP contribution is 2.41. The van der Waals surface area contributed by atoms with Gasteiger partial charge in [0.05, 0.1) is 4.92 Å². The van der Waals surface area contributed by atoms with Gasteiger partial charge in [0, 0.05) is 37.3 Å². The largest absolute Gasteiger partial charge is 0.316 e. The molecule has 1 aromatic rings. The molecule has 2 atom stereocenters. The van der Waals surface area contributed by atoms with E-state index in [0.717, 1.165) is 37.7 Å². The monoisotopic (exact) mass is 275 g/mol. The second-order valence-corrected chi connectivity index (χ2v) is 6.48. The normalized spacial score (nSPS) is 28.5. The van der Waals surface area contributed by atoms with Crippen LogP contribution in [0.25, 0.3) is 0 Å². The van der Waals surface area contributed by atoms with Crippen molar-refractivity contribution in [2.45, 2.75) is 25.9 Å². The van der Waals surface area contributed by atoms with Crippen LogP contribution in [0.3, 0.4) is 0 Å². The summed E-state index contributed by atoms with van der Waals surface area (Å²) >= 11 is 0. The van der Waals surface area contributed by atoms with Crippen molar-refractivity contribution >= 4 is 5.69 Å². The molecular formula is C15H21N3O2. The fraction of sp³-hybridized carbons (Fsp3) is 0.600. The maximum atomic E-state index is 10.7. The van der Waals surface area contributed by atoms with Gasteiger partial charge in [-0.05, 0) is 37.8 Å². The maximum absolute atomic E-state index is 10.7. The fourth-order valence-corrected chi connectivity index (χ4v) is 3.72. The average Bonchev–Trinajstić information content (AvgIpc) is 2.94. The molecule has 5 heteroatoms. The summed E-state index contributed by atoms with van der Waals surface area (Å²) in [4.78, 5) is 12.9. The summed E-state index contributed by atoms with van der Waals surface area (Å²) in [5.41, 5.74) is 1.50. The van der Waals surface area contributed by atoms with Crippen molar-refractivity contribution in [2.75, 3.05) is 19.6 Å². The Morgan fingerprint density at radius 3 is 2.65 bits per heavy atom. The van der Waals surface area contributed by atoms with E-state index in [1.54, 1.807) is 12.1 Å². The van der Waals surface area contributed by atoms with E-state index in [0.29, 0.717) is 5.92 Å². The van der Waals surface area contributed by atoms with Crippen LogP contribution in [0, 0.1) is 22.0 Å². The Morgan fingerprint density at radius 2 is 2.05 bits per heavy atom. The molecule has 2 fully saturated rings. The lowest BCUT2D eigenvalue weighted by molar-refractivity contribution is -0.384. The lowest BCUT2D eigenvalue weighted by Gasteiger charge is -2.35. The summed E-state index contributed by atoms with van der Waals surface area (Å²) in [6.07, 6.45) is 0. The van der Waals surface area contributed by atoms with Gasteiger partial charge in [0.1, 0.15) is 0 Å². The number of nitro benzene ring substituents is 1. The Labute approximate surface area is 119 Å². The molecule has 1 aromatic carbocycles. The minimum absolute atomic E-state index is 0.163. The number of nitrogens with zero attached hydrogens (tertiary/aromatic N) is 2. The van der Waals surface area contributed by atoms with Gasteiger partial charge in [-0.3, -0.25) is 15.0 Å². The van der Waals surface area contributed by atoms with Crippen LogP contribution >= 0.6 is 0 Å². The van der Waals surface area contributed by atoms with Crippen molar-refractivity contribution in [3.8, 4) is 0 Å². The summed E-state index contributed by atoms with van der Waals surface area (Å²) in [7, 11) is 0. The number of hydrogen-bond acceptors (Lipinski definition) is 4. The van der Waals surface area contributed by atoms with Crippen LogP contribution < -0.4 is 5.32 Å². The van der Waals surface area contributed by atoms with E-state index in [9.17, 15) is 10.1 Å². The molecule has 1 N–H and O–H groups in total. The summed E-state index contributed by atoms with van der Waals surface area (Å²) < 4.78 is 0. The first kappa shape index (κ1) is 13.5. The molecule has 3 rings (SSSR count). The minimum atomic E-state index is -0.348. The molecule has 0 radical (unpaired) electrons. The van der Waals surface area contributed by atoms with Crippen LogP contribution in [-0.2, 0) is 6.54 Å². The first-order valence-corrected chi connectivity index (χ1v) is 7.17. The van der Waals surface area contributed by atoms with Crippen LogP contribution in [0.4, 0.5) is 5.69 Å². The van der Waals surface area contributed by atoms with E-state index in [2.05, 4.69) is 24.1 Å². The summed E-state index contributed by atoms with van der Waals surface area (Å²) in [6, 6.07) is 6.95. The van der Waals surface area contributed by atoms with E-state index in [-0.39, 0.29) is 16.1 Å². The Balaban J connectivity index is 1.73. The van der Waals surface area contributed by atoms with Crippen LogP contribution in [0.2, 0.25) is 0 Å². The predicted molar refractivity (Wildman–Crippen MR) is 77.4 cm³/mol. The highest BCUT2D eigenvalue weighted by molar-refractivity contribution is 5.33. The summed E-state index contributed by atoms with van der Waals surface area (Å²) in [6.45, 7) is 8.84. The molecule has 0 aromatic heterocycles. The standard InChI is InChI=1S/C15H21N3O2/c1-15(2)14-8-16-7-12(14)10-17(15)9-11-3-5-13(6-4-11)18(19)20/h3-6,12,14,16H,7-10H2,1-2H3. The topological polar surface area (TPSA) is 58.4 Å². The van der Waals surface area contributed by atoms with E-state index in [4.69, 9.17) is 0 Å². The zero-order valence-corrected chi connectivity index (χ0v) is 12.0. The lowest BCUT2D eigenvalue weighted by Crippen LogP contribution is -2.43. The van der Waals surface area contributed by atoms with Gasteiger partial charge < -0.3 is 5.32 Å².